The van der Waals surface area contributed by atoms with Crippen LogP contribution in [0.3, 0.4) is 0 Å². The van der Waals surface area contributed by atoms with Crippen LogP contribution in [-0.4, -0.2) is 38.2 Å². The maximum atomic E-state index is 5.41. The van der Waals surface area contributed by atoms with Gasteiger partial charge in [0.2, 0.25) is 11.9 Å². The number of fused-ring (bicyclic) bond motifs is 25. The number of hydrogen-bond donors (Lipinski definition) is 0. The maximum Gasteiger partial charge on any atom is 0.235 e. The molecule has 23 aromatic carbocycles. The highest BCUT2D eigenvalue weighted by Gasteiger charge is 2.25. The van der Waals surface area contributed by atoms with Crippen LogP contribution in [0.2, 0.25) is 0 Å². The lowest BCUT2D eigenvalue weighted by molar-refractivity contribution is 0.995. The molecule has 6 aromatic heterocycles. The molecule has 8 nitrogen and oxygen atoms in total. The first-order valence-electron chi connectivity index (χ1n) is 46.5. The van der Waals surface area contributed by atoms with Crippen LogP contribution in [-0.2, 0) is 0 Å². The average Bonchev–Trinajstić information content (AvgIpc) is 1.56. The monoisotopic (exact) mass is 1730 g/mol. The summed E-state index contributed by atoms with van der Waals surface area (Å²) in [4.78, 5) is 21.6. The predicted molar refractivity (Wildman–Crippen MR) is 572 cm³/mol. The van der Waals surface area contributed by atoms with Gasteiger partial charge in [-0.25, -0.2) is 19.9 Å². The van der Waals surface area contributed by atoms with E-state index in [1.807, 2.05) is 0 Å². The van der Waals surface area contributed by atoms with Crippen LogP contribution >= 0.6 is 0 Å². The molecule has 0 aliphatic heterocycles. The fourth-order valence-corrected chi connectivity index (χ4v) is 21.9. The molecule has 0 radical (unpaired) electrons. The minimum atomic E-state index is 0.636. The molecule has 0 fully saturated rings. The number of aromatic nitrogens is 8. The Labute approximate surface area is 780 Å². The molecule has 0 N–H and O–H groups in total. The molecule has 0 spiro atoms. The van der Waals surface area contributed by atoms with Gasteiger partial charge < -0.3 is 9.13 Å². The van der Waals surface area contributed by atoms with Gasteiger partial charge in [0.15, 0.2) is 0 Å². The number of para-hydroxylation sites is 4. The lowest BCUT2D eigenvalue weighted by Gasteiger charge is -2.14. The van der Waals surface area contributed by atoms with Crippen LogP contribution in [0.5, 0.6) is 0 Å². The summed E-state index contributed by atoms with van der Waals surface area (Å²) in [7, 11) is 0. The summed E-state index contributed by atoms with van der Waals surface area (Å²) in [6.07, 6.45) is 0. The number of benzene rings is 23. The van der Waals surface area contributed by atoms with Gasteiger partial charge in [-0.3, -0.25) is 9.13 Å². The standard InChI is InChI=1S/C66H40N4.C62H38N4/c1-3-15-43-35-47(27-25-41(43)13-1)60-40-61(48-28-26-42-14-2-4-16-44(42)36-48)68-66(67-60)70-63-24-12-10-22-56(63)59-38-46(30-34-65(59)70)45-29-33-64-58(37-45)55-21-9-11-23-62(55)69(64)49-31-32-54-52-19-6-5-17-50(52)51-18-7-8-20-53(51)57(54)39-49;1-3-15-41-33-46(27-25-39(41)13-1)55-38-56(47-28-26-40-14-2-4-16-42(40)34-47)64-62(63-55)66-58-24-12-10-22-52(58)54-36-44(30-32-60(54)66)43-29-31-59-53(35-43)51-21-9-11-23-57(51)65(59)61-37-45-17-5-6-18-48(45)49-19-7-8-20-50(49)61/h1-40H;1-38H. The smallest absolute Gasteiger partial charge is 0.235 e. The lowest BCUT2D eigenvalue weighted by Crippen LogP contribution is -2.04. The molecule has 29 aromatic rings. The highest BCUT2D eigenvalue weighted by atomic mass is 15.2. The van der Waals surface area contributed by atoms with E-state index < -0.39 is 0 Å². The van der Waals surface area contributed by atoms with Crippen molar-refractivity contribution < 1.29 is 0 Å². The lowest BCUT2D eigenvalue weighted by atomic mass is 9.94. The first-order chi connectivity index (χ1) is 67.4. The summed E-state index contributed by atoms with van der Waals surface area (Å²) in [5, 5.41) is 31.7. The van der Waals surface area contributed by atoms with Crippen molar-refractivity contribution in [1.29, 1.82) is 0 Å². The molecule has 8 heteroatoms. The van der Waals surface area contributed by atoms with Crippen molar-refractivity contribution in [2.24, 2.45) is 0 Å². The Morgan fingerprint density at radius 3 is 0.743 bits per heavy atom. The Morgan fingerprint density at radius 1 is 0.125 bits per heavy atom. The van der Waals surface area contributed by atoms with Crippen LogP contribution in [0, 0.1) is 0 Å². The average molecular weight is 1730 g/mol. The molecular formula is C128H78N8. The molecule has 0 aliphatic rings. The topological polar surface area (TPSA) is 71.3 Å². The molecular weight excluding hydrogens is 1650 g/mol. The molecule has 0 saturated carbocycles. The van der Waals surface area contributed by atoms with E-state index in [2.05, 4.69) is 491 Å². The number of hydrogen-bond acceptors (Lipinski definition) is 4. The summed E-state index contributed by atoms with van der Waals surface area (Å²) in [6, 6.07) is 172. The highest BCUT2D eigenvalue weighted by molar-refractivity contribution is 6.26. The molecule has 29 rings (SSSR count). The molecule has 6 heterocycles. The summed E-state index contributed by atoms with van der Waals surface area (Å²) in [6.45, 7) is 0. The van der Waals surface area contributed by atoms with Crippen molar-refractivity contribution in [3.63, 3.8) is 0 Å². The van der Waals surface area contributed by atoms with Gasteiger partial charge in [-0.2, -0.15) is 0 Å². The molecule has 0 unspecified atom stereocenters. The van der Waals surface area contributed by atoms with E-state index in [1.54, 1.807) is 0 Å². The Kier molecular flexibility index (Phi) is 17.3. The first kappa shape index (κ1) is 76.6. The van der Waals surface area contributed by atoms with Gasteiger partial charge in [-0.05, 0) is 241 Å². The summed E-state index contributed by atoms with van der Waals surface area (Å²) < 4.78 is 9.38. The molecule has 0 bridgehead atoms. The van der Waals surface area contributed by atoms with E-state index in [1.165, 1.54) is 157 Å². The van der Waals surface area contributed by atoms with Gasteiger partial charge >= 0.3 is 0 Å². The third-order valence-electron chi connectivity index (χ3n) is 28.3. The number of rotatable bonds is 10. The third kappa shape index (κ3) is 12.4. The largest absolute Gasteiger partial charge is 0.309 e. The van der Waals surface area contributed by atoms with E-state index in [9.17, 15) is 0 Å². The van der Waals surface area contributed by atoms with Crippen LogP contribution in [0.1, 0.15) is 0 Å². The van der Waals surface area contributed by atoms with Crippen molar-refractivity contribution in [2.75, 3.05) is 0 Å². The Morgan fingerprint density at radius 2 is 0.375 bits per heavy atom. The normalized spacial score (nSPS) is 12.0. The Balaban J connectivity index is 0.000000135. The Bertz CT molecular complexity index is 9890. The second-order valence-electron chi connectivity index (χ2n) is 35.9. The van der Waals surface area contributed by atoms with E-state index in [-0.39, 0.29) is 0 Å². The molecule has 0 amide bonds. The minimum absolute atomic E-state index is 0.636. The van der Waals surface area contributed by atoms with E-state index in [0.29, 0.717) is 11.9 Å². The van der Waals surface area contributed by atoms with Crippen molar-refractivity contribution in [1.82, 2.24) is 38.2 Å². The molecule has 0 aliphatic carbocycles. The zero-order chi connectivity index (χ0) is 89.2. The van der Waals surface area contributed by atoms with Gasteiger partial charge in [0.1, 0.15) is 0 Å². The van der Waals surface area contributed by atoms with E-state index in [0.717, 1.165) is 105 Å². The van der Waals surface area contributed by atoms with Crippen LogP contribution in [0.15, 0.2) is 473 Å². The van der Waals surface area contributed by atoms with Gasteiger partial charge in [0.05, 0.1) is 72.6 Å². The van der Waals surface area contributed by atoms with Gasteiger partial charge in [0, 0.05) is 76.4 Å². The third-order valence-corrected chi connectivity index (χ3v) is 28.3. The van der Waals surface area contributed by atoms with Gasteiger partial charge in [-0.15, -0.1) is 0 Å². The summed E-state index contributed by atoms with van der Waals surface area (Å²) in [5.41, 5.74) is 23.6. The molecule has 0 atom stereocenters. The fraction of sp³-hybridized carbons (Fsp3) is 0. The molecule has 0 saturated heterocycles. The predicted octanol–water partition coefficient (Wildman–Crippen LogP) is 33.7. The van der Waals surface area contributed by atoms with E-state index >= 15 is 0 Å². The maximum absolute atomic E-state index is 5.41. The van der Waals surface area contributed by atoms with Crippen molar-refractivity contribution in [3.8, 4) is 90.6 Å². The van der Waals surface area contributed by atoms with Crippen LogP contribution in [0.4, 0.5) is 0 Å². The molecule has 630 valence electrons. The second kappa shape index (κ2) is 30.7. The Hall–Kier alpha value is -18.2. The van der Waals surface area contributed by atoms with Crippen molar-refractivity contribution >= 4 is 184 Å². The quantitative estimate of drug-likeness (QED) is 0.128. The zero-order valence-electron chi connectivity index (χ0n) is 73.6. The van der Waals surface area contributed by atoms with E-state index in [4.69, 9.17) is 19.9 Å². The van der Waals surface area contributed by atoms with Crippen LogP contribution < -0.4 is 0 Å². The highest BCUT2D eigenvalue weighted by Crippen LogP contribution is 2.46. The number of nitrogens with zero attached hydrogens (tertiary/aromatic N) is 8. The van der Waals surface area contributed by atoms with Crippen molar-refractivity contribution in [3.05, 3.63) is 473 Å². The van der Waals surface area contributed by atoms with Gasteiger partial charge in [0.25, 0.3) is 0 Å². The summed E-state index contributed by atoms with van der Waals surface area (Å²) in [5.74, 6) is 1.27. The fourth-order valence-electron chi connectivity index (χ4n) is 21.9. The SMILES string of the molecule is c1ccc2cc(-c3cc(-c4ccc5ccccc5c4)nc(-n4c5ccccc5c5cc(-c6ccc7c(c6)c6ccccc6n7-c6cc7ccccc7c7ccccc67)ccc54)n3)ccc2c1.c1ccc2cc(-c3cc(-c4ccc5ccccc5c4)nc(-n4c5ccccc5c5cc(-c6ccc7c(c6)c6ccccc6n7-c6ccc7c8ccccc8c8ccccc8c7c6)ccc54)n3)ccc2c1. The zero-order valence-corrected chi connectivity index (χ0v) is 73.6. The summed E-state index contributed by atoms with van der Waals surface area (Å²) >= 11 is 0. The van der Waals surface area contributed by atoms with Crippen LogP contribution in [0.25, 0.3) is 275 Å². The second-order valence-corrected chi connectivity index (χ2v) is 35.9. The van der Waals surface area contributed by atoms with Gasteiger partial charge in [-0.1, -0.05) is 346 Å². The first-order valence-corrected chi connectivity index (χ1v) is 46.5. The minimum Gasteiger partial charge on any atom is -0.309 e. The molecule has 136 heavy (non-hydrogen) atoms. The van der Waals surface area contributed by atoms with Crippen molar-refractivity contribution in [2.45, 2.75) is 0 Å².